The van der Waals surface area contributed by atoms with Crippen molar-refractivity contribution in [3.8, 4) is 0 Å². The van der Waals surface area contributed by atoms with Crippen LogP contribution in [0.25, 0.3) is 6.08 Å². The number of aryl methyl sites for hydroxylation is 1. The summed E-state index contributed by atoms with van der Waals surface area (Å²) in [6.07, 6.45) is 16.1. The maximum Gasteiger partial charge on any atom is 0.501 e. The van der Waals surface area contributed by atoms with Crippen LogP contribution < -0.4 is 0 Å². The molecule has 0 saturated carbocycles. The molecule has 0 aliphatic heterocycles. The van der Waals surface area contributed by atoms with Gasteiger partial charge in [-0.25, -0.2) is 0 Å². The second-order valence-corrected chi connectivity index (χ2v) is 10.8. The fourth-order valence-electron chi connectivity index (χ4n) is 3.72. The number of unbranched alkanes of at least 4 members (excludes halogenated alkanes) is 9. The van der Waals surface area contributed by atoms with Gasteiger partial charge in [0.05, 0.1) is 0 Å². The highest BCUT2D eigenvalue weighted by molar-refractivity contribution is 6.60. The van der Waals surface area contributed by atoms with Gasteiger partial charge in [0.1, 0.15) is 0 Å². The van der Waals surface area contributed by atoms with Gasteiger partial charge in [-0.05, 0) is 37.8 Å². The van der Waals surface area contributed by atoms with Crippen molar-refractivity contribution in [1.29, 1.82) is 0 Å². The monoisotopic (exact) mass is 434 g/mol. The molecule has 4 heteroatoms. The quantitative estimate of drug-likeness (QED) is 0.155. The summed E-state index contributed by atoms with van der Waals surface area (Å²) in [4.78, 5) is 0. The molecule has 0 aliphatic rings. The maximum absolute atomic E-state index is 6.33. The van der Waals surface area contributed by atoms with E-state index in [9.17, 15) is 0 Å². The standard InChI is InChI=1S/C26H46O3Si/c1-5-9-10-11-12-13-14-15-16-17-23-29-30(27-7-3,28-8-4)24-22-26-20-18-25(6-2)19-21-26/h6,18-21H,2,5,7-17,22-24H2,1,3-4H3. The molecular formula is C26H46O3Si. The Hall–Kier alpha value is -0.943. The minimum Gasteiger partial charge on any atom is -0.374 e. The van der Waals surface area contributed by atoms with E-state index in [1.54, 1.807) is 0 Å². The second-order valence-electron chi connectivity index (χ2n) is 8.03. The van der Waals surface area contributed by atoms with Gasteiger partial charge in [0.25, 0.3) is 0 Å². The van der Waals surface area contributed by atoms with Gasteiger partial charge in [0, 0.05) is 25.9 Å². The van der Waals surface area contributed by atoms with Crippen molar-refractivity contribution >= 4 is 14.9 Å². The maximum atomic E-state index is 6.33. The Balaban J connectivity index is 2.33. The Bertz CT molecular complexity index is 524. The number of benzene rings is 1. The van der Waals surface area contributed by atoms with Crippen LogP contribution in [0.15, 0.2) is 30.8 Å². The molecule has 3 nitrogen and oxygen atoms in total. The molecule has 1 rings (SSSR count). The highest BCUT2D eigenvalue weighted by atomic mass is 28.4. The van der Waals surface area contributed by atoms with Crippen LogP contribution in [0, 0.1) is 0 Å². The van der Waals surface area contributed by atoms with Gasteiger partial charge in [0.15, 0.2) is 0 Å². The first-order chi connectivity index (χ1) is 14.7. The molecule has 0 atom stereocenters. The van der Waals surface area contributed by atoms with Crippen LogP contribution in [-0.2, 0) is 19.7 Å². The summed E-state index contributed by atoms with van der Waals surface area (Å²) in [5.74, 6) is 0. The van der Waals surface area contributed by atoms with Crippen molar-refractivity contribution in [3.05, 3.63) is 42.0 Å². The van der Waals surface area contributed by atoms with Crippen molar-refractivity contribution in [2.24, 2.45) is 0 Å². The molecule has 172 valence electrons. The Kier molecular flexibility index (Phi) is 16.0. The minimum atomic E-state index is -2.61. The van der Waals surface area contributed by atoms with Crippen LogP contribution in [0.4, 0.5) is 0 Å². The van der Waals surface area contributed by atoms with Crippen molar-refractivity contribution in [2.75, 3.05) is 19.8 Å². The summed E-state index contributed by atoms with van der Waals surface area (Å²) in [5.41, 5.74) is 2.44. The summed E-state index contributed by atoms with van der Waals surface area (Å²) in [5, 5.41) is 0. The normalized spacial score (nSPS) is 11.7. The fourth-order valence-corrected chi connectivity index (χ4v) is 6.33. The Labute approximate surface area is 187 Å². The predicted octanol–water partition coefficient (Wildman–Crippen LogP) is 7.82. The molecule has 0 aliphatic carbocycles. The van der Waals surface area contributed by atoms with Gasteiger partial charge in [-0.15, -0.1) is 0 Å². The van der Waals surface area contributed by atoms with Crippen LogP contribution in [0.5, 0.6) is 0 Å². The van der Waals surface area contributed by atoms with E-state index in [0.29, 0.717) is 13.2 Å². The highest BCUT2D eigenvalue weighted by Gasteiger charge is 2.40. The van der Waals surface area contributed by atoms with Crippen molar-refractivity contribution < 1.29 is 13.3 Å². The first-order valence-corrected chi connectivity index (χ1v) is 14.3. The Morgan fingerprint density at radius 3 is 1.77 bits per heavy atom. The van der Waals surface area contributed by atoms with E-state index in [1.807, 2.05) is 19.9 Å². The molecule has 0 spiro atoms. The van der Waals surface area contributed by atoms with Crippen LogP contribution in [0.3, 0.4) is 0 Å². The molecule has 0 bridgehead atoms. The van der Waals surface area contributed by atoms with Gasteiger partial charge in [-0.3, -0.25) is 0 Å². The zero-order valence-electron chi connectivity index (χ0n) is 19.9. The molecule has 0 saturated heterocycles. The lowest BCUT2D eigenvalue weighted by Crippen LogP contribution is -2.46. The van der Waals surface area contributed by atoms with E-state index in [-0.39, 0.29) is 0 Å². The van der Waals surface area contributed by atoms with Crippen LogP contribution in [-0.4, -0.2) is 28.6 Å². The van der Waals surface area contributed by atoms with Gasteiger partial charge in [-0.1, -0.05) is 102 Å². The SMILES string of the molecule is C=Cc1ccc(CC[Si](OCC)(OCC)OCCCCCCCCCCCC)cc1. The lowest BCUT2D eigenvalue weighted by molar-refractivity contribution is 0.0657. The first-order valence-electron chi connectivity index (χ1n) is 12.3. The summed E-state index contributed by atoms with van der Waals surface area (Å²) in [6.45, 7) is 12.2. The molecular weight excluding hydrogens is 388 g/mol. The van der Waals surface area contributed by atoms with Gasteiger partial charge in [0.2, 0.25) is 0 Å². The summed E-state index contributed by atoms with van der Waals surface area (Å²) in [6, 6.07) is 9.38. The van der Waals surface area contributed by atoms with E-state index in [2.05, 4.69) is 37.8 Å². The van der Waals surface area contributed by atoms with E-state index in [1.165, 1.54) is 63.4 Å². The van der Waals surface area contributed by atoms with Gasteiger partial charge in [-0.2, -0.15) is 0 Å². The lowest BCUT2D eigenvalue weighted by atomic mass is 10.1. The van der Waals surface area contributed by atoms with Gasteiger partial charge >= 0.3 is 8.80 Å². The Morgan fingerprint density at radius 1 is 0.733 bits per heavy atom. The Morgan fingerprint density at radius 2 is 1.27 bits per heavy atom. The molecule has 0 amide bonds. The third-order valence-electron chi connectivity index (χ3n) is 5.48. The van der Waals surface area contributed by atoms with Crippen molar-refractivity contribution in [2.45, 2.75) is 97.4 Å². The third-order valence-corrected chi connectivity index (χ3v) is 8.45. The zero-order chi connectivity index (χ0) is 21.9. The number of rotatable bonds is 20. The first kappa shape index (κ1) is 27.1. The lowest BCUT2D eigenvalue weighted by Gasteiger charge is -2.29. The molecule has 0 radical (unpaired) electrons. The van der Waals surface area contributed by atoms with E-state index >= 15 is 0 Å². The molecule has 0 heterocycles. The third kappa shape index (κ3) is 12.0. The van der Waals surface area contributed by atoms with E-state index in [4.69, 9.17) is 13.3 Å². The summed E-state index contributed by atoms with van der Waals surface area (Å²) in [7, 11) is -2.61. The topological polar surface area (TPSA) is 27.7 Å². The molecule has 1 aromatic rings. The van der Waals surface area contributed by atoms with E-state index in [0.717, 1.165) is 31.1 Å². The molecule has 0 aromatic heterocycles. The fraction of sp³-hybridized carbons (Fsp3) is 0.692. The minimum absolute atomic E-state index is 0.639. The summed E-state index contributed by atoms with van der Waals surface area (Å²) < 4.78 is 18.5. The number of hydrogen-bond acceptors (Lipinski definition) is 3. The average Bonchev–Trinajstić information content (AvgIpc) is 2.77. The largest absolute Gasteiger partial charge is 0.501 e. The second kappa shape index (κ2) is 17.7. The number of hydrogen-bond donors (Lipinski definition) is 0. The molecule has 1 aromatic carbocycles. The van der Waals surface area contributed by atoms with Crippen LogP contribution in [0.2, 0.25) is 6.04 Å². The highest BCUT2D eigenvalue weighted by Crippen LogP contribution is 2.21. The van der Waals surface area contributed by atoms with Crippen molar-refractivity contribution in [3.63, 3.8) is 0 Å². The molecule has 0 fully saturated rings. The van der Waals surface area contributed by atoms with Gasteiger partial charge < -0.3 is 13.3 Å². The average molecular weight is 435 g/mol. The summed E-state index contributed by atoms with van der Waals surface area (Å²) >= 11 is 0. The van der Waals surface area contributed by atoms with E-state index < -0.39 is 8.80 Å². The van der Waals surface area contributed by atoms with Crippen molar-refractivity contribution in [1.82, 2.24) is 0 Å². The zero-order valence-corrected chi connectivity index (χ0v) is 20.9. The molecule has 30 heavy (non-hydrogen) atoms. The predicted molar refractivity (Wildman–Crippen MR) is 132 cm³/mol. The van der Waals surface area contributed by atoms with Crippen LogP contribution >= 0.6 is 0 Å². The molecule has 0 unspecified atom stereocenters. The van der Waals surface area contributed by atoms with Crippen LogP contribution in [0.1, 0.15) is 96.1 Å². The smallest absolute Gasteiger partial charge is 0.374 e. The molecule has 0 N–H and O–H groups in total.